The van der Waals surface area contributed by atoms with Gasteiger partial charge in [0.1, 0.15) is 5.65 Å². The highest BCUT2D eigenvalue weighted by atomic mass is 19.4. The molecule has 0 unspecified atom stereocenters. The van der Waals surface area contributed by atoms with Gasteiger partial charge in [0, 0.05) is 24.5 Å². The minimum atomic E-state index is -4.15. The molecule has 6 nitrogen and oxygen atoms in total. The molecule has 124 valence electrons. The summed E-state index contributed by atoms with van der Waals surface area (Å²) >= 11 is 0. The van der Waals surface area contributed by atoms with Crippen LogP contribution in [0.2, 0.25) is 0 Å². The van der Waals surface area contributed by atoms with Gasteiger partial charge in [0.05, 0.1) is 5.92 Å². The Bertz CT molecular complexity index is 720. The molecule has 0 amide bonds. The lowest BCUT2D eigenvalue weighted by atomic mass is 9.86. The third-order valence-corrected chi connectivity index (χ3v) is 4.13. The molecular formula is C14H15F3N4O2. The Balaban J connectivity index is 1.77. The van der Waals surface area contributed by atoms with Gasteiger partial charge in [-0.05, 0) is 25.7 Å². The maximum absolute atomic E-state index is 12.7. The Hall–Kier alpha value is -2.32. The fourth-order valence-corrected chi connectivity index (χ4v) is 2.88. The number of hydrogen-bond acceptors (Lipinski definition) is 4. The predicted octanol–water partition coefficient (Wildman–Crippen LogP) is 2.96. The molecule has 0 spiro atoms. The summed E-state index contributed by atoms with van der Waals surface area (Å²) in [5.41, 5.74) is 0.263. The van der Waals surface area contributed by atoms with E-state index < -0.39 is 18.1 Å². The number of aromatic carboxylic acids is 1. The Kier molecular flexibility index (Phi) is 3.87. The van der Waals surface area contributed by atoms with Crippen LogP contribution in [0, 0.1) is 5.92 Å². The molecule has 23 heavy (non-hydrogen) atoms. The molecule has 2 aromatic rings. The first kappa shape index (κ1) is 15.6. The maximum Gasteiger partial charge on any atom is 0.391 e. The highest BCUT2D eigenvalue weighted by molar-refractivity contribution is 5.87. The van der Waals surface area contributed by atoms with Crippen LogP contribution >= 0.6 is 0 Å². The second kappa shape index (κ2) is 5.71. The van der Waals surface area contributed by atoms with Crippen LogP contribution < -0.4 is 5.32 Å². The molecule has 3 rings (SSSR count). The van der Waals surface area contributed by atoms with Crippen LogP contribution in [-0.4, -0.2) is 37.7 Å². The van der Waals surface area contributed by atoms with Crippen molar-refractivity contribution in [3.05, 3.63) is 24.2 Å². The molecule has 1 aliphatic carbocycles. The minimum Gasteiger partial charge on any atom is -0.477 e. The lowest BCUT2D eigenvalue weighted by Gasteiger charge is -2.30. The number of carboxylic acids is 1. The fourth-order valence-electron chi connectivity index (χ4n) is 2.88. The number of rotatable bonds is 3. The SMILES string of the molecule is O=C(O)c1cc2nccn2c(NC2CCC(C(F)(F)F)CC2)n1. The van der Waals surface area contributed by atoms with Gasteiger partial charge in [-0.2, -0.15) is 13.2 Å². The van der Waals surface area contributed by atoms with E-state index in [0.717, 1.165) is 0 Å². The quantitative estimate of drug-likeness (QED) is 0.905. The van der Waals surface area contributed by atoms with Crippen LogP contribution in [0.4, 0.5) is 19.1 Å². The van der Waals surface area contributed by atoms with Gasteiger partial charge in [-0.1, -0.05) is 0 Å². The summed E-state index contributed by atoms with van der Waals surface area (Å²) in [6, 6.07) is 1.17. The molecule has 2 aromatic heterocycles. The molecule has 0 saturated heterocycles. The number of halogens is 3. The van der Waals surface area contributed by atoms with Crippen molar-refractivity contribution in [2.75, 3.05) is 5.32 Å². The van der Waals surface area contributed by atoms with Crippen LogP contribution in [0.5, 0.6) is 0 Å². The van der Waals surface area contributed by atoms with Crippen molar-refractivity contribution in [3.63, 3.8) is 0 Å². The third-order valence-electron chi connectivity index (χ3n) is 4.13. The highest BCUT2D eigenvalue weighted by Crippen LogP contribution is 2.38. The Morgan fingerprint density at radius 2 is 2.00 bits per heavy atom. The van der Waals surface area contributed by atoms with E-state index in [1.807, 2.05) is 0 Å². The van der Waals surface area contributed by atoms with Gasteiger partial charge < -0.3 is 10.4 Å². The molecule has 0 atom stereocenters. The van der Waals surface area contributed by atoms with E-state index >= 15 is 0 Å². The van der Waals surface area contributed by atoms with E-state index in [9.17, 15) is 18.0 Å². The van der Waals surface area contributed by atoms with Gasteiger partial charge in [-0.3, -0.25) is 4.40 Å². The van der Waals surface area contributed by atoms with Crippen LogP contribution in [-0.2, 0) is 0 Å². The van der Waals surface area contributed by atoms with Crippen LogP contribution in [0.3, 0.4) is 0 Å². The molecule has 1 saturated carbocycles. The minimum absolute atomic E-state index is 0.0624. The van der Waals surface area contributed by atoms with Gasteiger partial charge >= 0.3 is 12.1 Å². The molecule has 1 fully saturated rings. The summed E-state index contributed by atoms with van der Waals surface area (Å²) in [6.45, 7) is 0. The summed E-state index contributed by atoms with van der Waals surface area (Å²) < 4.78 is 39.7. The van der Waals surface area contributed by atoms with Gasteiger partial charge in [0.2, 0.25) is 5.95 Å². The lowest BCUT2D eigenvalue weighted by molar-refractivity contribution is -0.182. The largest absolute Gasteiger partial charge is 0.477 e. The Labute approximate surface area is 129 Å². The number of hydrogen-bond donors (Lipinski definition) is 2. The van der Waals surface area contributed by atoms with Crippen LogP contribution in [0.15, 0.2) is 18.5 Å². The second-order valence-corrected chi connectivity index (χ2v) is 5.66. The van der Waals surface area contributed by atoms with Gasteiger partial charge in [0.25, 0.3) is 0 Å². The predicted molar refractivity (Wildman–Crippen MR) is 75.4 cm³/mol. The number of nitrogens with zero attached hydrogens (tertiary/aromatic N) is 3. The van der Waals surface area contributed by atoms with Crippen molar-refractivity contribution < 1.29 is 23.1 Å². The van der Waals surface area contributed by atoms with E-state index in [2.05, 4.69) is 15.3 Å². The van der Waals surface area contributed by atoms with Crippen molar-refractivity contribution in [2.24, 2.45) is 5.92 Å². The van der Waals surface area contributed by atoms with Gasteiger partial charge in [-0.15, -0.1) is 0 Å². The smallest absolute Gasteiger partial charge is 0.391 e. The molecule has 9 heteroatoms. The average molecular weight is 328 g/mol. The zero-order valence-electron chi connectivity index (χ0n) is 12.0. The monoisotopic (exact) mass is 328 g/mol. The first-order valence-corrected chi connectivity index (χ1v) is 7.25. The molecule has 1 aliphatic rings. The number of fused-ring (bicyclic) bond motifs is 1. The molecule has 2 heterocycles. The van der Waals surface area contributed by atoms with Gasteiger partial charge in [-0.25, -0.2) is 14.8 Å². The number of nitrogens with one attached hydrogen (secondary N) is 1. The van der Waals surface area contributed by atoms with Crippen molar-refractivity contribution >= 4 is 17.6 Å². The molecule has 0 radical (unpaired) electrons. The fraction of sp³-hybridized carbons (Fsp3) is 0.500. The zero-order valence-corrected chi connectivity index (χ0v) is 12.0. The number of anilines is 1. The number of imidazole rings is 1. The topological polar surface area (TPSA) is 79.5 Å². The summed E-state index contributed by atoms with van der Waals surface area (Å²) in [7, 11) is 0. The van der Waals surface area contributed by atoms with E-state index in [1.54, 1.807) is 10.6 Å². The van der Waals surface area contributed by atoms with Gasteiger partial charge in [0.15, 0.2) is 5.69 Å². The van der Waals surface area contributed by atoms with E-state index in [4.69, 9.17) is 5.11 Å². The van der Waals surface area contributed by atoms with Crippen LogP contribution in [0.25, 0.3) is 5.65 Å². The number of alkyl halides is 3. The first-order valence-electron chi connectivity index (χ1n) is 7.25. The summed E-state index contributed by atoms with van der Waals surface area (Å²) in [5, 5.41) is 12.1. The van der Waals surface area contributed by atoms with Crippen molar-refractivity contribution in [2.45, 2.75) is 37.9 Å². The first-order chi connectivity index (χ1) is 10.8. The molecule has 0 aromatic carbocycles. The van der Waals surface area contributed by atoms with E-state index in [-0.39, 0.29) is 30.5 Å². The molecular weight excluding hydrogens is 313 g/mol. The maximum atomic E-state index is 12.7. The molecule has 0 aliphatic heterocycles. The lowest BCUT2D eigenvalue weighted by Crippen LogP contribution is -2.33. The number of carboxylic acid groups (broad SMARTS) is 1. The number of carbonyl (C=O) groups is 1. The standard InChI is InChI=1S/C14H15F3N4O2/c15-14(16,17)8-1-3-9(4-2-8)19-13-20-10(12(22)23)7-11-18-5-6-21(11)13/h5-9H,1-4H2,(H,19,20)(H,22,23). The van der Waals surface area contributed by atoms with E-state index in [1.165, 1.54) is 12.3 Å². The van der Waals surface area contributed by atoms with Crippen molar-refractivity contribution in [1.82, 2.24) is 14.4 Å². The molecule has 2 N–H and O–H groups in total. The number of aromatic nitrogens is 3. The van der Waals surface area contributed by atoms with Crippen molar-refractivity contribution in [1.29, 1.82) is 0 Å². The zero-order chi connectivity index (χ0) is 16.6. The highest BCUT2D eigenvalue weighted by Gasteiger charge is 2.41. The van der Waals surface area contributed by atoms with E-state index in [0.29, 0.717) is 18.5 Å². The van der Waals surface area contributed by atoms with Crippen molar-refractivity contribution in [3.8, 4) is 0 Å². The average Bonchev–Trinajstić information content (AvgIpc) is 2.95. The summed E-state index contributed by atoms with van der Waals surface area (Å²) in [5.74, 6) is -2.15. The summed E-state index contributed by atoms with van der Waals surface area (Å²) in [6.07, 6.45) is -0.172. The third kappa shape index (κ3) is 3.22. The second-order valence-electron chi connectivity index (χ2n) is 5.66. The Morgan fingerprint density at radius 1 is 1.30 bits per heavy atom. The molecule has 0 bridgehead atoms. The normalized spacial score (nSPS) is 22.2. The Morgan fingerprint density at radius 3 is 2.61 bits per heavy atom. The van der Waals surface area contributed by atoms with Crippen LogP contribution in [0.1, 0.15) is 36.2 Å². The summed E-state index contributed by atoms with van der Waals surface area (Å²) in [4.78, 5) is 19.2.